The van der Waals surface area contributed by atoms with Gasteiger partial charge in [-0.05, 0) is 6.92 Å². The predicted octanol–water partition coefficient (Wildman–Crippen LogP) is -0.964. The van der Waals surface area contributed by atoms with Crippen LogP contribution < -0.4 is 0 Å². The molecule has 1 aliphatic rings. The van der Waals surface area contributed by atoms with Gasteiger partial charge in [-0.25, -0.2) is 0 Å². The van der Waals surface area contributed by atoms with E-state index in [2.05, 4.69) is 0 Å². The second-order valence-corrected chi connectivity index (χ2v) is 2.77. The molecule has 1 saturated heterocycles. The molecule has 0 radical (unpaired) electrons. The van der Waals surface area contributed by atoms with Gasteiger partial charge < -0.3 is 14.9 Å². The van der Waals surface area contributed by atoms with Gasteiger partial charge in [0.15, 0.2) is 5.78 Å². The van der Waals surface area contributed by atoms with Crippen LogP contribution in [0.5, 0.6) is 0 Å². The topological polar surface area (TPSA) is 83.8 Å². The van der Waals surface area contributed by atoms with Gasteiger partial charge in [-0.2, -0.15) is 0 Å². The standard InChI is InChI=1S/C7H10O5/c1-3-5(7(10)11)6(9)4(8)2-12-3/h3-5,8H,2H2,1H3,(H,10,11). The molecule has 1 aliphatic heterocycles. The van der Waals surface area contributed by atoms with Crippen molar-refractivity contribution < 1.29 is 24.5 Å². The third-order valence-electron chi connectivity index (χ3n) is 1.89. The Morgan fingerprint density at radius 2 is 2.25 bits per heavy atom. The van der Waals surface area contributed by atoms with Crippen molar-refractivity contribution in [3.63, 3.8) is 0 Å². The number of carbonyl (C=O) groups excluding carboxylic acids is 1. The summed E-state index contributed by atoms with van der Waals surface area (Å²) in [5.74, 6) is -3.14. The molecule has 5 nitrogen and oxygen atoms in total. The molecule has 0 saturated carbocycles. The number of rotatable bonds is 1. The summed E-state index contributed by atoms with van der Waals surface area (Å²) in [4.78, 5) is 21.6. The van der Waals surface area contributed by atoms with Crippen molar-refractivity contribution in [3.8, 4) is 0 Å². The number of carbonyl (C=O) groups is 2. The molecule has 3 unspecified atom stereocenters. The van der Waals surface area contributed by atoms with Crippen LogP contribution in [-0.4, -0.2) is 40.8 Å². The first-order valence-electron chi connectivity index (χ1n) is 3.60. The first kappa shape index (κ1) is 9.15. The molecule has 0 bridgehead atoms. The molecule has 1 rings (SSSR count). The van der Waals surface area contributed by atoms with E-state index in [-0.39, 0.29) is 6.61 Å². The maximum atomic E-state index is 11.1. The van der Waals surface area contributed by atoms with Crippen molar-refractivity contribution in [2.24, 2.45) is 5.92 Å². The lowest BCUT2D eigenvalue weighted by atomic mass is 9.92. The van der Waals surface area contributed by atoms with E-state index in [1.807, 2.05) is 0 Å². The second kappa shape index (κ2) is 3.20. The van der Waals surface area contributed by atoms with Gasteiger partial charge in [0.25, 0.3) is 0 Å². The van der Waals surface area contributed by atoms with Crippen molar-refractivity contribution in [2.75, 3.05) is 6.61 Å². The van der Waals surface area contributed by atoms with Crippen LogP contribution in [0.15, 0.2) is 0 Å². The Morgan fingerprint density at radius 3 is 2.67 bits per heavy atom. The van der Waals surface area contributed by atoms with Crippen LogP contribution in [0, 0.1) is 5.92 Å². The van der Waals surface area contributed by atoms with E-state index in [4.69, 9.17) is 14.9 Å². The van der Waals surface area contributed by atoms with E-state index in [9.17, 15) is 9.59 Å². The van der Waals surface area contributed by atoms with Gasteiger partial charge in [-0.1, -0.05) is 0 Å². The zero-order valence-electron chi connectivity index (χ0n) is 6.56. The number of ether oxygens (including phenoxy) is 1. The highest BCUT2D eigenvalue weighted by atomic mass is 16.5. The SMILES string of the molecule is CC1OCC(O)C(=O)C1C(=O)O. The molecule has 3 atom stereocenters. The van der Waals surface area contributed by atoms with Crippen LogP contribution in [0.3, 0.4) is 0 Å². The minimum atomic E-state index is -1.29. The zero-order chi connectivity index (χ0) is 9.30. The van der Waals surface area contributed by atoms with Gasteiger partial charge in [0.2, 0.25) is 0 Å². The lowest BCUT2D eigenvalue weighted by Gasteiger charge is -2.27. The number of carboxylic acid groups (broad SMARTS) is 1. The van der Waals surface area contributed by atoms with Crippen molar-refractivity contribution in [1.29, 1.82) is 0 Å². The fourth-order valence-electron chi connectivity index (χ4n) is 1.18. The summed E-state index contributed by atoms with van der Waals surface area (Å²) < 4.78 is 4.88. The fourth-order valence-corrected chi connectivity index (χ4v) is 1.18. The molecule has 0 amide bonds. The van der Waals surface area contributed by atoms with Crippen molar-refractivity contribution in [1.82, 2.24) is 0 Å². The maximum absolute atomic E-state index is 11.1. The van der Waals surface area contributed by atoms with Crippen LogP contribution in [0.1, 0.15) is 6.92 Å². The van der Waals surface area contributed by atoms with Crippen LogP contribution in [0.25, 0.3) is 0 Å². The lowest BCUT2D eigenvalue weighted by molar-refractivity contribution is -0.166. The van der Waals surface area contributed by atoms with Crippen LogP contribution in [0.2, 0.25) is 0 Å². The summed E-state index contributed by atoms with van der Waals surface area (Å²) in [6, 6.07) is 0. The molecule has 12 heavy (non-hydrogen) atoms. The number of hydrogen-bond donors (Lipinski definition) is 2. The minimum absolute atomic E-state index is 0.107. The van der Waals surface area contributed by atoms with Gasteiger partial charge in [0, 0.05) is 0 Å². The van der Waals surface area contributed by atoms with Crippen molar-refractivity contribution in [2.45, 2.75) is 19.1 Å². The van der Waals surface area contributed by atoms with E-state index in [0.717, 1.165) is 0 Å². The Bertz CT molecular complexity index is 212. The fraction of sp³-hybridized carbons (Fsp3) is 0.714. The molecule has 1 heterocycles. The predicted molar refractivity (Wildman–Crippen MR) is 37.6 cm³/mol. The second-order valence-electron chi connectivity index (χ2n) is 2.77. The number of aliphatic hydroxyl groups excluding tert-OH is 1. The van der Waals surface area contributed by atoms with Crippen molar-refractivity contribution >= 4 is 11.8 Å². The molecule has 0 aromatic rings. The van der Waals surface area contributed by atoms with Gasteiger partial charge in [-0.3, -0.25) is 9.59 Å². The van der Waals surface area contributed by atoms with Crippen LogP contribution >= 0.6 is 0 Å². The minimum Gasteiger partial charge on any atom is -0.481 e. The Labute approximate surface area is 68.9 Å². The van der Waals surface area contributed by atoms with E-state index in [0.29, 0.717) is 0 Å². The number of ketones is 1. The quantitative estimate of drug-likeness (QED) is 0.500. The normalized spacial score (nSPS) is 36.5. The van der Waals surface area contributed by atoms with Gasteiger partial charge in [-0.15, -0.1) is 0 Å². The van der Waals surface area contributed by atoms with Gasteiger partial charge >= 0.3 is 5.97 Å². The summed E-state index contributed by atoms with van der Waals surface area (Å²) in [7, 11) is 0. The molecule has 0 aromatic heterocycles. The Hall–Kier alpha value is -0.940. The number of carboxylic acids is 1. The molecular weight excluding hydrogens is 164 g/mol. The van der Waals surface area contributed by atoms with Crippen LogP contribution in [0.4, 0.5) is 0 Å². The number of Topliss-reactive ketones (excluding diaryl/α,β-unsaturated/α-hetero) is 1. The van der Waals surface area contributed by atoms with E-state index < -0.39 is 29.9 Å². The third-order valence-corrected chi connectivity index (χ3v) is 1.89. The van der Waals surface area contributed by atoms with Gasteiger partial charge in [0.1, 0.15) is 12.0 Å². The highest BCUT2D eigenvalue weighted by molar-refractivity contribution is 6.01. The maximum Gasteiger partial charge on any atom is 0.316 e. The van der Waals surface area contributed by atoms with Gasteiger partial charge in [0.05, 0.1) is 12.7 Å². The monoisotopic (exact) mass is 174 g/mol. The summed E-state index contributed by atoms with van der Waals surface area (Å²) >= 11 is 0. The molecule has 68 valence electrons. The number of aliphatic carboxylic acids is 1. The average Bonchev–Trinajstić information content (AvgIpc) is 1.97. The highest BCUT2D eigenvalue weighted by Crippen LogP contribution is 2.17. The Kier molecular flexibility index (Phi) is 2.44. The molecule has 0 aromatic carbocycles. The summed E-state index contributed by atoms with van der Waals surface area (Å²) in [6.07, 6.45) is -1.94. The summed E-state index contributed by atoms with van der Waals surface area (Å²) in [5, 5.41) is 17.6. The first-order chi connectivity index (χ1) is 5.54. The average molecular weight is 174 g/mol. The lowest BCUT2D eigenvalue weighted by Crippen LogP contribution is -2.48. The largest absolute Gasteiger partial charge is 0.481 e. The third kappa shape index (κ3) is 1.46. The molecule has 2 N–H and O–H groups in total. The smallest absolute Gasteiger partial charge is 0.316 e. The first-order valence-corrected chi connectivity index (χ1v) is 3.60. The highest BCUT2D eigenvalue weighted by Gasteiger charge is 2.40. The zero-order valence-corrected chi connectivity index (χ0v) is 6.56. The van der Waals surface area contributed by atoms with E-state index in [1.165, 1.54) is 6.92 Å². The molecular formula is C7H10O5. The van der Waals surface area contributed by atoms with Crippen LogP contribution in [-0.2, 0) is 14.3 Å². The van der Waals surface area contributed by atoms with E-state index in [1.54, 1.807) is 0 Å². The van der Waals surface area contributed by atoms with Crippen molar-refractivity contribution in [3.05, 3.63) is 0 Å². The summed E-state index contributed by atoms with van der Waals surface area (Å²) in [6.45, 7) is 1.40. The molecule has 1 fully saturated rings. The number of aliphatic hydroxyl groups is 1. The Morgan fingerprint density at radius 1 is 1.67 bits per heavy atom. The number of hydrogen-bond acceptors (Lipinski definition) is 4. The Balaban J connectivity index is 2.79. The van der Waals surface area contributed by atoms with E-state index >= 15 is 0 Å². The molecule has 0 spiro atoms. The molecule has 5 heteroatoms. The summed E-state index contributed by atoms with van der Waals surface area (Å²) in [5.41, 5.74) is 0. The molecule has 0 aliphatic carbocycles.